The van der Waals surface area contributed by atoms with E-state index < -0.39 is 15.9 Å². The molecule has 0 aliphatic rings. The highest BCUT2D eigenvalue weighted by Gasteiger charge is 2.16. The molecule has 0 saturated carbocycles. The molecule has 0 aliphatic heterocycles. The molecule has 32 heavy (non-hydrogen) atoms. The Labute approximate surface area is 188 Å². The maximum atomic E-state index is 12.7. The number of benzene rings is 3. The first-order valence-electron chi connectivity index (χ1n) is 10.3. The second kappa shape index (κ2) is 9.82. The van der Waals surface area contributed by atoms with Crippen molar-refractivity contribution in [2.24, 2.45) is 5.92 Å². The van der Waals surface area contributed by atoms with Crippen LogP contribution in [-0.2, 0) is 14.8 Å². The van der Waals surface area contributed by atoms with Crippen molar-refractivity contribution in [3.8, 4) is 0 Å². The average Bonchev–Trinajstić information content (AvgIpc) is 2.77. The number of sulfonamides is 1. The third-order valence-corrected chi connectivity index (χ3v) is 6.61. The van der Waals surface area contributed by atoms with Gasteiger partial charge < -0.3 is 10.6 Å². The van der Waals surface area contributed by atoms with Gasteiger partial charge in [-0.2, -0.15) is 0 Å². The zero-order chi connectivity index (χ0) is 23.3. The topological polar surface area (TPSA) is 104 Å². The van der Waals surface area contributed by atoms with Crippen molar-refractivity contribution < 1.29 is 18.0 Å². The lowest BCUT2D eigenvalue weighted by atomic mass is 10.1. The number of hydrogen-bond acceptors (Lipinski definition) is 4. The summed E-state index contributed by atoms with van der Waals surface area (Å²) >= 11 is 0. The van der Waals surface area contributed by atoms with Crippen LogP contribution >= 0.6 is 0 Å². The van der Waals surface area contributed by atoms with Gasteiger partial charge in [0.05, 0.1) is 11.4 Å². The number of nitrogens with one attached hydrogen (secondary N) is 3. The fourth-order valence-corrected chi connectivity index (χ4v) is 4.07. The van der Waals surface area contributed by atoms with Crippen molar-refractivity contribution in [3.05, 3.63) is 72.3 Å². The molecular formula is C24H27N3O4S. The quantitative estimate of drug-likeness (QED) is 0.485. The molecule has 0 bridgehead atoms. The number of rotatable bonds is 8. The lowest BCUT2D eigenvalue weighted by Crippen LogP contribution is -2.42. The molecular weight excluding hydrogens is 426 g/mol. The first-order chi connectivity index (χ1) is 15.2. The van der Waals surface area contributed by atoms with E-state index in [0.717, 1.165) is 10.8 Å². The summed E-state index contributed by atoms with van der Waals surface area (Å²) in [5.41, 5.74) is 0.654. The third-order valence-electron chi connectivity index (χ3n) is 5.23. The van der Waals surface area contributed by atoms with Crippen molar-refractivity contribution >= 4 is 38.3 Å². The Hall–Kier alpha value is -3.39. The van der Waals surface area contributed by atoms with Crippen molar-refractivity contribution in [2.75, 3.05) is 11.3 Å². The van der Waals surface area contributed by atoms with E-state index in [1.165, 1.54) is 24.3 Å². The van der Waals surface area contributed by atoms with Crippen LogP contribution in [0.4, 0.5) is 5.69 Å². The van der Waals surface area contributed by atoms with Crippen molar-refractivity contribution in [3.63, 3.8) is 0 Å². The van der Waals surface area contributed by atoms with Crippen LogP contribution in [0.3, 0.4) is 0 Å². The van der Waals surface area contributed by atoms with Crippen molar-refractivity contribution in [2.45, 2.75) is 31.7 Å². The van der Waals surface area contributed by atoms with Gasteiger partial charge in [0.15, 0.2) is 0 Å². The van der Waals surface area contributed by atoms with Gasteiger partial charge in [-0.15, -0.1) is 0 Å². The SMILES string of the molecule is CC(C)C(C)NC(=O)CNC(=O)c1ccc(NS(=O)(=O)c2ccc3ccccc3c2)cc1. The fraction of sp³-hybridized carbons (Fsp3) is 0.250. The minimum absolute atomic E-state index is 0.00862. The van der Waals surface area contributed by atoms with E-state index in [1.54, 1.807) is 18.2 Å². The standard InChI is InChI=1S/C24H27N3O4S/c1-16(2)17(3)26-23(28)15-25-24(29)19-8-11-21(12-9-19)27-32(30,31)22-13-10-18-6-4-5-7-20(18)14-22/h4-14,16-17,27H,15H2,1-3H3,(H,25,29)(H,26,28). The van der Waals surface area contributed by atoms with E-state index in [2.05, 4.69) is 15.4 Å². The maximum absolute atomic E-state index is 12.7. The van der Waals surface area contributed by atoms with Gasteiger partial charge in [-0.3, -0.25) is 14.3 Å². The summed E-state index contributed by atoms with van der Waals surface area (Å²) in [4.78, 5) is 24.4. The number of carbonyl (C=O) groups excluding carboxylic acids is 2. The van der Waals surface area contributed by atoms with Gasteiger partial charge in [0.2, 0.25) is 5.91 Å². The minimum Gasteiger partial charge on any atom is -0.352 e. The second-order valence-corrected chi connectivity index (χ2v) is 9.66. The van der Waals surface area contributed by atoms with Crippen LogP contribution in [0.2, 0.25) is 0 Å². The molecule has 3 rings (SSSR count). The second-order valence-electron chi connectivity index (χ2n) is 7.97. The molecule has 0 aromatic heterocycles. The molecule has 3 N–H and O–H groups in total. The van der Waals surface area contributed by atoms with E-state index in [1.807, 2.05) is 45.0 Å². The molecule has 0 spiro atoms. The largest absolute Gasteiger partial charge is 0.352 e. The van der Waals surface area contributed by atoms with Gasteiger partial charge in [-0.25, -0.2) is 8.42 Å². The van der Waals surface area contributed by atoms with E-state index in [9.17, 15) is 18.0 Å². The molecule has 3 aromatic rings. The first-order valence-corrected chi connectivity index (χ1v) is 11.8. The van der Waals surface area contributed by atoms with Gasteiger partial charge in [-0.1, -0.05) is 44.2 Å². The van der Waals surface area contributed by atoms with E-state index in [4.69, 9.17) is 0 Å². The van der Waals surface area contributed by atoms with Gasteiger partial charge in [-0.05, 0) is 60.0 Å². The molecule has 3 aromatic carbocycles. The molecule has 0 saturated heterocycles. The lowest BCUT2D eigenvalue weighted by molar-refractivity contribution is -0.121. The highest BCUT2D eigenvalue weighted by atomic mass is 32.2. The predicted octanol–water partition coefficient (Wildman–Crippen LogP) is 3.53. The van der Waals surface area contributed by atoms with Crippen LogP contribution in [-0.4, -0.2) is 32.8 Å². The summed E-state index contributed by atoms with van der Waals surface area (Å²) in [5, 5.41) is 7.16. The van der Waals surface area contributed by atoms with E-state index in [0.29, 0.717) is 17.2 Å². The van der Waals surface area contributed by atoms with Crippen LogP contribution in [0, 0.1) is 5.92 Å². The van der Waals surface area contributed by atoms with Crippen LogP contribution in [0.5, 0.6) is 0 Å². The number of fused-ring (bicyclic) bond motifs is 1. The van der Waals surface area contributed by atoms with E-state index >= 15 is 0 Å². The summed E-state index contributed by atoms with van der Waals surface area (Å²) in [7, 11) is -3.78. The highest BCUT2D eigenvalue weighted by Crippen LogP contribution is 2.21. The van der Waals surface area contributed by atoms with Gasteiger partial charge in [0.25, 0.3) is 15.9 Å². The zero-order valence-electron chi connectivity index (χ0n) is 18.3. The Morgan fingerprint density at radius 1 is 0.875 bits per heavy atom. The Bertz CT molecular complexity index is 1220. The average molecular weight is 454 g/mol. The monoisotopic (exact) mass is 453 g/mol. The summed E-state index contributed by atoms with van der Waals surface area (Å²) in [6.45, 7) is 5.77. The Morgan fingerprint density at radius 3 is 2.19 bits per heavy atom. The summed E-state index contributed by atoms with van der Waals surface area (Å²) in [6, 6.07) is 18.5. The lowest BCUT2D eigenvalue weighted by Gasteiger charge is -2.17. The molecule has 0 heterocycles. The summed E-state index contributed by atoms with van der Waals surface area (Å²) in [6.07, 6.45) is 0. The maximum Gasteiger partial charge on any atom is 0.261 e. The smallest absolute Gasteiger partial charge is 0.261 e. The highest BCUT2D eigenvalue weighted by molar-refractivity contribution is 7.92. The molecule has 2 amide bonds. The normalized spacial score (nSPS) is 12.4. The van der Waals surface area contributed by atoms with Crippen LogP contribution in [0.1, 0.15) is 31.1 Å². The third kappa shape index (κ3) is 5.85. The molecule has 0 aliphatic carbocycles. The predicted molar refractivity (Wildman–Crippen MR) is 126 cm³/mol. The Morgan fingerprint density at radius 2 is 1.53 bits per heavy atom. The van der Waals surface area contributed by atoms with Crippen LogP contribution in [0.25, 0.3) is 10.8 Å². The van der Waals surface area contributed by atoms with Gasteiger partial charge in [0.1, 0.15) is 0 Å². The number of hydrogen-bond donors (Lipinski definition) is 3. The fourth-order valence-electron chi connectivity index (χ4n) is 2.97. The van der Waals surface area contributed by atoms with Crippen LogP contribution < -0.4 is 15.4 Å². The van der Waals surface area contributed by atoms with Crippen LogP contribution in [0.15, 0.2) is 71.6 Å². The number of carbonyl (C=O) groups is 2. The molecule has 7 nitrogen and oxygen atoms in total. The van der Waals surface area contributed by atoms with Crippen molar-refractivity contribution in [1.82, 2.24) is 10.6 Å². The molecule has 1 unspecified atom stereocenters. The number of anilines is 1. The molecule has 0 fully saturated rings. The molecule has 168 valence electrons. The molecule has 1 atom stereocenters. The molecule has 8 heteroatoms. The first kappa shape index (κ1) is 23.3. The van der Waals surface area contributed by atoms with E-state index in [-0.39, 0.29) is 23.4 Å². The minimum atomic E-state index is -3.78. The zero-order valence-corrected chi connectivity index (χ0v) is 19.1. The van der Waals surface area contributed by atoms with Crippen molar-refractivity contribution in [1.29, 1.82) is 0 Å². The summed E-state index contributed by atoms with van der Waals surface area (Å²) < 4.78 is 28.0. The molecule has 0 radical (unpaired) electrons. The Kier molecular flexibility index (Phi) is 7.15. The number of amides is 2. The Balaban J connectivity index is 1.62. The van der Waals surface area contributed by atoms with Gasteiger partial charge in [0, 0.05) is 17.3 Å². The van der Waals surface area contributed by atoms with Gasteiger partial charge >= 0.3 is 0 Å². The summed E-state index contributed by atoms with van der Waals surface area (Å²) in [5.74, 6) is -0.388.